The molecule has 0 saturated carbocycles. The van der Waals surface area contributed by atoms with Gasteiger partial charge in [-0.15, -0.1) is 0 Å². The molecular weight excluding hydrogens is 289 g/mol. The highest BCUT2D eigenvalue weighted by Crippen LogP contribution is 2.27. The predicted octanol–water partition coefficient (Wildman–Crippen LogP) is 5.19. The Hall–Kier alpha value is -1.74. The lowest BCUT2D eigenvalue weighted by Crippen LogP contribution is -2.04. The molecule has 0 aliphatic carbocycles. The molecule has 0 radical (unpaired) electrons. The summed E-state index contributed by atoms with van der Waals surface area (Å²) in [7, 11) is 0. The van der Waals surface area contributed by atoms with Crippen LogP contribution in [-0.2, 0) is 6.54 Å². The average molecular weight is 308 g/mol. The number of rotatable bonds is 6. The van der Waals surface area contributed by atoms with Crippen molar-refractivity contribution in [2.75, 3.05) is 11.9 Å². The summed E-state index contributed by atoms with van der Waals surface area (Å²) in [5.74, 6) is 0.438. The van der Waals surface area contributed by atoms with Crippen molar-refractivity contribution < 1.29 is 9.13 Å². The number of halogens is 2. The second-order valence-electron chi connectivity index (χ2n) is 4.95. The minimum Gasteiger partial charge on any atom is -0.491 e. The summed E-state index contributed by atoms with van der Waals surface area (Å²) in [6.07, 6.45) is 0.959. The first-order valence-corrected chi connectivity index (χ1v) is 7.39. The van der Waals surface area contributed by atoms with E-state index < -0.39 is 5.82 Å². The van der Waals surface area contributed by atoms with Gasteiger partial charge in [0.25, 0.3) is 0 Å². The van der Waals surface area contributed by atoms with Gasteiger partial charge in [0.15, 0.2) is 0 Å². The van der Waals surface area contributed by atoms with Crippen molar-refractivity contribution in [1.82, 2.24) is 0 Å². The number of nitrogens with one attached hydrogen (secondary N) is 1. The first-order valence-electron chi connectivity index (χ1n) is 7.01. The minimum absolute atomic E-state index is 0.140. The third kappa shape index (κ3) is 4.36. The number of hydrogen-bond donors (Lipinski definition) is 1. The molecule has 0 aromatic heterocycles. The van der Waals surface area contributed by atoms with Crippen LogP contribution < -0.4 is 10.1 Å². The lowest BCUT2D eigenvalue weighted by molar-refractivity contribution is 0.318. The highest BCUT2D eigenvalue weighted by molar-refractivity contribution is 6.30. The number of anilines is 1. The molecule has 0 atom stereocenters. The fourth-order valence-corrected chi connectivity index (χ4v) is 2.16. The monoisotopic (exact) mass is 307 g/mol. The molecule has 112 valence electrons. The molecule has 1 N–H and O–H groups in total. The Labute approximate surface area is 129 Å². The molecule has 0 bridgehead atoms. The van der Waals surface area contributed by atoms with Gasteiger partial charge in [0, 0.05) is 6.54 Å². The van der Waals surface area contributed by atoms with Gasteiger partial charge in [-0.1, -0.05) is 30.7 Å². The Kier molecular flexibility index (Phi) is 5.45. The highest BCUT2D eigenvalue weighted by atomic mass is 35.5. The number of aryl methyl sites for hydroxylation is 1. The molecular formula is C17H19ClFNO. The summed E-state index contributed by atoms with van der Waals surface area (Å²) in [4.78, 5) is 0. The third-order valence-electron chi connectivity index (χ3n) is 3.07. The Morgan fingerprint density at radius 1 is 1.19 bits per heavy atom. The fourth-order valence-electron chi connectivity index (χ4n) is 1.95. The van der Waals surface area contributed by atoms with Crippen LogP contribution in [0.5, 0.6) is 5.75 Å². The third-order valence-corrected chi connectivity index (χ3v) is 3.36. The van der Waals surface area contributed by atoms with Crippen molar-refractivity contribution in [3.8, 4) is 5.75 Å². The SMILES string of the molecule is CCCOc1cc(C)ccc1NCc1ccc(F)c(Cl)c1. The van der Waals surface area contributed by atoms with Gasteiger partial charge in [0.2, 0.25) is 0 Å². The van der Waals surface area contributed by atoms with Crippen LogP contribution in [0.2, 0.25) is 5.02 Å². The van der Waals surface area contributed by atoms with Crippen molar-refractivity contribution in [3.05, 3.63) is 58.4 Å². The van der Waals surface area contributed by atoms with E-state index in [9.17, 15) is 4.39 Å². The van der Waals surface area contributed by atoms with Gasteiger partial charge in [0.1, 0.15) is 11.6 Å². The maximum Gasteiger partial charge on any atom is 0.142 e. The summed E-state index contributed by atoms with van der Waals surface area (Å²) in [6, 6.07) is 10.8. The Morgan fingerprint density at radius 2 is 2.00 bits per heavy atom. The minimum atomic E-state index is -0.400. The van der Waals surface area contributed by atoms with Crippen molar-refractivity contribution in [2.45, 2.75) is 26.8 Å². The maximum absolute atomic E-state index is 13.1. The van der Waals surface area contributed by atoms with E-state index in [4.69, 9.17) is 16.3 Å². The number of ether oxygens (including phenoxy) is 1. The zero-order valence-electron chi connectivity index (χ0n) is 12.2. The molecule has 0 fully saturated rings. The van der Waals surface area contributed by atoms with Gasteiger partial charge in [-0.3, -0.25) is 0 Å². The molecule has 0 unspecified atom stereocenters. The molecule has 0 saturated heterocycles. The lowest BCUT2D eigenvalue weighted by Gasteiger charge is -2.14. The molecule has 4 heteroatoms. The topological polar surface area (TPSA) is 21.3 Å². The summed E-state index contributed by atoms with van der Waals surface area (Å²) >= 11 is 5.79. The fraction of sp³-hybridized carbons (Fsp3) is 0.294. The molecule has 0 aliphatic rings. The first kappa shape index (κ1) is 15.6. The zero-order chi connectivity index (χ0) is 15.2. The molecule has 0 heterocycles. The Bertz CT molecular complexity index is 616. The molecule has 21 heavy (non-hydrogen) atoms. The Balaban J connectivity index is 2.09. The lowest BCUT2D eigenvalue weighted by atomic mass is 10.2. The van der Waals surface area contributed by atoms with Crippen LogP contribution >= 0.6 is 11.6 Å². The predicted molar refractivity (Wildman–Crippen MR) is 85.7 cm³/mol. The van der Waals surface area contributed by atoms with Crippen LogP contribution in [0.4, 0.5) is 10.1 Å². The van der Waals surface area contributed by atoms with Crippen LogP contribution in [0.3, 0.4) is 0 Å². The van der Waals surface area contributed by atoms with E-state index in [0.29, 0.717) is 13.2 Å². The first-order chi connectivity index (χ1) is 10.1. The van der Waals surface area contributed by atoms with Crippen LogP contribution in [0.1, 0.15) is 24.5 Å². The molecule has 0 amide bonds. The van der Waals surface area contributed by atoms with E-state index in [1.165, 1.54) is 6.07 Å². The van der Waals surface area contributed by atoms with Gasteiger partial charge in [-0.25, -0.2) is 4.39 Å². The largest absolute Gasteiger partial charge is 0.491 e. The van der Waals surface area contributed by atoms with Crippen molar-refractivity contribution in [3.63, 3.8) is 0 Å². The van der Waals surface area contributed by atoms with Crippen LogP contribution in [0.15, 0.2) is 36.4 Å². The van der Waals surface area contributed by atoms with Gasteiger partial charge in [-0.2, -0.15) is 0 Å². The number of hydrogen-bond acceptors (Lipinski definition) is 2. The van der Waals surface area contributed by atoms with E-state index >= 15 is 0 Å². The molecule has 2 rings (SSSR count). The van der Waals surface area contributed by atoms with E-state index in [2.05, 4.69) is 12.2 Å². The molecule has 2 aromatic carbocycles. The van der Waals surface area contributed by atoms with E-state index in [1.54, 1.807) is 12.1 Å². The normalized spacial score (nSPS) is 10.5. The average Bonchev–Trinajstić information content (AvgIpc) is 2.47. The van der Waals surface area contributed by atoms with Gasteiger partial charge in [-0.05, 0) is 48.7 Å². The molecule has 2 nitrogen and oxygen atoms in total. The maximum atomic E-state index is 13.1. The number of benzene rings is 2. The summed E-state index contributed by atoms with van der Waals surface area (Å²) in [5.41, 5.74) is 2.99. The zero-order valence-corrected chi connectivity index (χ0v) is 13.0. The van der Waals surface area contributed by atoms with Crippen molar-refractivity contribution in [1.29, 1.82) is 0 Å². The van der Waals surface area contributed by atoms with E-state index in [1.807, 2.05) is 25.1 Å². The van der Waals surface area contributed by atoms with Gasteiger partial charge in [0.05, 0.1) is 17.3 Å². The van der Waals surface area contributed by atoms with E-state index in [0.717, 1.165) is 29.0 Å². The molecule has 2 aromatic rings. The standard InChI is InChI=1S/C17H19ClFNO/c1-3-8-21-17-9-12(2)4-7-16(17)20-11-13-5-6-15(19)14(18)10-13/h4-7,9-10,20H,3,8,11H2,1-2H3. The Morgan fingerprint density at radius 3 is 2.71 bits per heavy atom. The van der Waals surface area contributed by atoms with Crippen molar-refractivity contribution in [2.24, 2.45) is 0 Å². The quantitative estimate of drug-likeness (QED) is 0.793. The highest BCUT2D eigenvalue weighted by Gasteiger charge is 2.05. The molecule has 0 spiro atoms. The summed E-state index contributed by atoms with van der Waals surface area (Å²) in [6.45, 7) is 5.35. The summed E-state index contributed by atoms with van der Waals surface area (Å²) in [5, 5.41) is 3.45. The van der Waals surface area contributed by atoms with Crippen LogP contribution in [-0.4, -0.2) is 6.61 Å². The van der Waals surface area contributed by atoms with Gasteiger partial charge < -0.3 is 10.1 Å². The van der Waals surface area contributed by atoms with Crippen LogP contribution in [0.25, 0.3) is 0 Å². The van der Waals surface area contributed by atoms with E-state index in [-0.39, 0.29) is 5.02 Å². The van der Waals surface area contributed by atoms with Crippen LogP contribution in [0, 0.1) is 12.7 Å². The van der Waals surface area contributed by atoms with Crippen molar-refractivity contribution >= 4 is 17.3 Å². The summed E-state index contributed by atoms with van der Waals surface area (Å²) < 4.78 is 18.9. The smallest absolute Gasteiger partial charge is 0.142 e. The second kappa shape index (κ2) is 7.32. The van der Waals surface area contributed by atoms with Gasteiger partial charge >= 0.3 is 0 Å². The molecule has 0 aliphatic heterocycles. The second-order valence-corrected chi connectivity index (χ2v) is 5.36.